The van der Waals surface area contributed by atoms with Gasteiger partial charge in [-0.2, -0.15) is 0 Å². The normalized spacial score (nSPS) is 21.5. The van der Waals surface area contributed by atoms with E-state index < -0.39 is 32.9 Å². The molecule has 1 atom stereocenters. The second-order valence-electron chi connectivity index (χ2n) is 9.62. The fourth-order valence-electron chi connectivity index (χ4n) is 5.33. The molecule has 3 heterocycles. The lowest BCUT2D eigenvalue weighted by Crippen LogP contribution is -2.38. The smallest absolute Gasteiger partial charge is 0.310 e. The maximum absolute atomic E-state index is 15.1. The molecule has 1 saturated heterocycles. The summed E-state index contributed by atoms with van der Waals surface area (Å²) in [5, 5.41) is 10.8. The van der Waals surface area contributed by atoms with Crippen molar-refractivity contribution in [3.63, 3.8) is 0 Å². The molecule has 0 bridgehead atoms. The zero-order chi connectivity index (χ0) is 25.9. The van der Waals surface area contributed by atoms with Gasteiger partial charge in [-0.3, -0.25) is 4.79 Å². The predicted molar refractivity (Wildman–Crippen MR) is 124 cm³/mol. The third-order valence-corrected chi connectivity index (χ3v) is 8.36. The standard InChI is InChI=1S/C24H25F6N3O2S/c25-19-13-31-23-22(18-7-3-16(34)4-8-20(18)32-23)21(19)14-9-11-33(12-10-14)24(35)15-1-5-17(6-2-15)36(26,27,28,29)30/h1-2,5-6,13-14,16,34H,3-4,7-12H2,(H,31,32). The summed E-state index contributed by atoms with van der Waals surface area (Å²) in [5.74, 6) is -1.21. The number of carbonyl (C=O) groups excluding carboxylic acids is 1. The molecule has 1 aliphatic carbocycles. The van der Waals surface area contributed by atoms with Crippen molar-refractivity contribution in [1.82, 2.24) is 14.9 Å². The molecular weight excluding hydrogens is 508 g/mol. The van der Waals surface area contributed by atoms with Gasteiger partial charge in [0.2, 0.25) is 0 Å². The number of hydrogen-bond acceptors (Lipinski definition) is 3. The molecule has 1 aliphatic heterocycles. The van der Waals surface area contributed by atoms with Gasteiger partial charge in [0.05, 0.1) is 12.3 Å². The zero-order valence-electron chi connectivity index (χ0n) is 19.1. The van der Waals surface area contributed by atoms with Crippen molar-refractivity contribution >= 4 is 27.2 Å². The van der Waals surface area contributed by atoms with Crippen LogP contribution in [0.4, 0.5) is 23.8 Å². The van der Waals surface area contributed by atoms with Gasteiger partial charge >= 0.3 is 10.2 Å². The first-order chi connectivity index (χ1) is 16.7. The van der Waals surface area contributed by atoms with Gasteiger partial charge in [0.15, 0.2) is 0 Å². The number of aryl methyl sites for hydroxylation is 2. The number of nitrogens with one attached hydrogen (secondary N) is 1. The van der Waals surface area contributed by atoms with E-state index in [1.807, 2.05) is 0 Å². The number of aliphatic hydroxyl groups excluding tert-OH is 1. The van der Waals surface area contributed by atoms with Crippen molar-refractivity contribution in [2.75, 3.05) is 13.1 Å². The largest absolute Gasteiger partial charge is 0.393 e. The van der Waals surface area contributed by atoms with E-state index in [2.05, 4.69) is 9.97 Å². The van der Waals surface area contributed by atoms with Gasteiger partial charge in [-0.25, -0.2) is 9.37 Å². The average molecular weight is 534 g/mol. The van der Waals surface area contributed by atoms with Crippen LogP contribution in [0.15, 0.2) is 35.4 Å². The number of pyridine rings is 1. The number of carbonyl (C=O) groups is 1. The molecule has 0 spiro atoms. The maximum atomic E-state index is 15.1. The number of aromatic amines is 1. The zero-order valence-corrected chi connectivity index (χ0v) is 19.9. The summed E-state index contributed by atoms with van der Waals surface area (Å²) in [6, 6.07) is 1.99. The molecule has 2 aliphatic rings. The number of aromatic nitrogens is 2. The number of rotatable bonds is 3. The number of nitrogens with zero attached hydrogens (tertiary/aromatic N) is 2. The molecule has 12 heteroatoms. The van der Waals surface area contributed by atoms with Gasteiger partial charge < -0.3 is 15.0 Å². The first-order valence-corrected chi connectivity index (χ1v) is 13.7. The predicted octanol–water partition coefficient (Wildman–Crippen LogP) is 6.62. The Balaban J connectivity index is 1.35. The molecular formula is C24H25F6N3O2S. The Hall–Kier alpha value is -2.73. The topological polar surface area (TPSA) is 69.2 Å². The van der Waals surface area contributed by atoms with E-state index in [9.17, 15) is 29.3 Å². The van der Waals surface area contributed by atoms with Gasteiger partial charge in [-0.15, -0.1) is 0 Å². The van der Waals surface area contributed by atoms with E-state index in [1.165, 1.54) is 11.1 Å². The molecule has 1 fully saturated rings. The van der Waals surface area contributed by atoms with Crippen LogP contribution in [-0.2, 0) is 12.8 Å². The van der Waals surface area contributed by atoms with Crippen LogP contribution in [0.25, 0.3) is 11.0 Å². The molecule has 1 amide bonds. The highest BCUT2D eigenvalue weighted by atomic mass is 32.5. The Bertz CT molecular complexity index is 1330. The third kappa shape index (κ3) is 4.68. The maximum Gasteiger partial charge on any atom is 0.310 e. The number of likely N-dealkylation sites (tertiary alicyclic amines) is 1. The first-order valence-electron chi connectivity index (χ1n) is 11.7. The molecule has 2 aromatic heterocycles. The number of aliphatic hydroxyl groups is 1. The third-order valence-electron chi connectivity index (χ3n) is 7.20. The lowest BCUT2D eigenvalue weighted by molar-refractivity contribution is 0.0712. The van der Waals surface area contributed by atoms with E-state index in [0.717, 1.165) is 28.8 Å². The first kappa shape index (κ1) is 24.9. The lowest BCUT2D eigenvalue weighted by atomic mass is 9.86. The minimum Gasteiger partial charge on any atom is -0.393 e. The molecule has 0 saturated carbocycles. The number of hydrogen-bond donors (Lipinski definition) is 2. The summed E-state index contributed by atoms with van der Waals surface area (Å²) in [6.45, 7) is 0.475. The number of amides is 1. The van der Waals surface area contributed by atoms with Crippen molar-refractivity contribution in [3.05, 3.63) is 58.7 Å². The van der Waals surface area contributed by atoms with Gasteiger partial charge in [0, 0.05) is 35.3 Å². The minimum atomic E-state index is -9.81. The average Bonchev–Trinajstić information content (AvgIpc) is 3.06. The molecule has 0 radical (unpaired) electrons. The number of fused-ring (bicyclic) bond motifs is 3. The number of piperidine rings is 1. The van der Waals surface area contributed by atoms with Crippen LogP contribution in [0.3, 0.4) is 0 Å². The van der Waals surface area contributed by atoms with Crippen LogP contribution in [-0.4, -0.2) is 45.1 Å². The quantitative estimate of drug-likeness (QED) is 0.294. The number of benzene rings is 1. The van der Waals surface area contributed by atoms with Gasteiger partial charge in [-0.1, -0.05) is 19.4 Å². The van der Waals surface area contributed by atoms with E-state index in [4.69, 9.17) is 0 Å². The van der Waals surface area contributed by atoms with Crippen molar-refractivity contribution in [2.24, 2.45) is 0 Å². The second kappa shape index (κ2) is 7.88. The molecule has 3 aromatic rings. The second-order valence-corrected chi connectivity index (χ2v) is 12.0. The van der Waals surface area contributed by atoms with E-state index >= 15 is 4.39 Å². The summed E-state index contributed by atoms with van der Waals surface area (Å²) in [5.41, 5.74) is 2.91. The van der Waals surface area contributed by atoms with Crippen molar-refractivity contribution in [2.45, 2.75) is 55.4 Å². The number of halogens is 6. The molecule has 2 N–H and O–H groups in total. The molecule has 36 heavy (non-hydrogen) atoms. The summed E-state index contributed by atoms with van der Waals surface area (Å²) < 4.78 is 79.9. The monoisotopic (exact) mass is 533 g/mol. The Morgan fingerprint density at radius 3 is 2.28 bits per heavy atom. The minimum absolute atomic E-state index is 0.119. The fraction of sp³-hybridized carbons (Fsp3) is 0.417. The van der Waals surface area contributed by atoms with Crippen molar-refractivity contribution < 1.29 is 33.7 Å². The van der Waals surface area contributed by atoms with Crippen LogP contribution < -0.4 is 0 Å². The Kier molecular flexibility index (Phi) is 5.46. The lowest BCUT2D eigenvalue weighted by Gasteiger charge is -2.40. The molecule has 5 nitrogen and oxygen atoms in total. The van der Waals surface area contributed by atoms with Gasteiger partial charge in [0.1, 0.15) is 16.4 Å². The van der Waals surface area contributed by atoms with Crippen LogP contribution >= 0.6 is 10.2 Å². The molecule has 196 valence electrons. The Morgan fingerprint density at radius 1 is 1.00 bits per heavy atom. The number of H-pyrrole nitrogens is 1. The van der Waals surface area contributed by atoms with Crippen LogP contribution in [0.5, 0.6) is 0 Å². The summed E-state index contributed by atoms with van der Waals surface area (Å²) in [4.78, 5) is 19.7. The van der Waals surface area contributed by atoms with E-state index in [0.29, 0.717) is 49.7 Å². The van der Waals surface area contributed by atoms with Gasteiger partial charge in [0.25, 0.3) is 5.91 Å². The van der Waals surface area contributed by atoms with E-state index in [1.54, 1.807) is 0 Å². The SMILES string of the molecule is O=C(c1ccc(S(F)(F)(F)(F)F)cc1)N1CCC(c2c(F)cnc3[nH]c4c(c23)CCC(O)CC4)CC1. The van der Waals surface area contributed by atoms with Crippen LogP contribution in [0, 0.1) is 5.82 Å². The summed E-state index contributed by atoms with van der Waals surface area (Å²) in [7, 11) is -9.81. The highest BCUT2D eigenvalue weighted by Gasteiger charge is 2.65. The fourth-order valence-corrected chi connectivity index (χ4v) is 5.99. The highest BCUT2D eigenvalue weighted by molar-refractivity contribution is 8.45. The van der Waals surface area contributed by atoms with Crippen molar-refractivity contribution in [3.8, 4) is 0 Å². The molecule has 1 aromatic carbocycles. The summed E-state index contributed by atoms with van der Waals surface area (Å²) >= 11 is 0. The Labute approximate surface area is 203 Å². The molecule has 1 unspecified atom stereocenters. The van der Waals surface area contributed by atoms with E-state index in [-0.39, 0.29) is 36.7 Å². The molecule has 5 rings (SSSR count). The van der Waals surface area contributed by atoms with Gasteiger partial charge in [-0.05, 0) is 74.3 Å². The summed E-state index contributed by atoms with van der Waals surface area (Å²) in [6.07, 6.45) is 4.04. The van der Waals surface area contributed by atoms with Crippen LogP contribution in [0.2, 0.25) is 0 Å². The van der Waals surface area contributed by atoms with Crippen molar-refractivity contribution in [1.29, 1.82) is 0 Å². The highest BCUT2D eigenvalue weighted by Crippen LogP contribution is 3.02. The van der Waals surface area contributed by atoms with Crippen LogP contribution in [0.1, 0.15) is 58.8 Å². The Morgan fingerprint density at radius 2 is 1.64 bits per heavy atom.